The van der Waals surface area contributed by atoms with E-state index in [1.807, 2.05) is 13.0 Å². The van der Waals surface area contributed by atoms with Gasteiger partial charge in [-0.2, -0.15) is 0 Å². The molecule has 2 unspecified atom stereocenters. The first-order chi connectivity index (χ1) is 26.6. The van der Waals surface area contributed by atoms with Gasteiger partial charge in [-0.1, -0.05) is 127 Å². The first kappa shape index (κ1) is 32.2. The number of pyridine rings is 2. The third-order valence-electron chi connectivity index (χ3n) is 11.2. The van der Waals surface area contributed by atoms with Crippen LogP contribution in [0.4, 0.5) is 0 Å². The lowest BCUT2D eigenvalue weighted by molar-refractivity contribution is 0.671. The van der Waals surface area contributed by atoms with Crippen LogP contribution in [0.3, 0.4) is 0 Å². The fourth-order valence-corrected chi connectivity index (χ4v) is 8.45. The van der Waals surface area contributed by atoms with Crippen molar-refractivity contribution in [2.24, 2.45) is 5.92 Å². The highest BCUT2D eigenvalue weighted by Crippen LogP contribution is 2.38. The number of aromatic nitrogens is 5. The molecular weight excluding hydrogens is 659 g/mol. The number of allylic oxidation sites excluding steroid dienone is 10. The van der Waals surface area contributed by atoms with Gasteiger partial charge in [-0.25, -0.2) is 19.9 Å². The van der Waals surface area contributed by atoms with Crippen LogP contribution >= 0.6 is 0 Å². The van der Waals surface area contributed by atoms with Crippen LogP contribution in [-0.4, -0.2) is 24.9 Å². The molecule has 3 atom stereocenters. The van der Waals surface area contributed by atoms with Crippen LogP contribution in [0.2, 0.25) is 0 Å². The molecule has 258 valence electrons. The van der Waals surface area contributed by atoms with E-state index in [4.69, 9.17) is 24.9 Å². The van der Waals surface area contributed by atoms with Crippen molar-refractivity contribution in [3.8, 4) is 22.5 Å². The maximum Gasteiger partial charge on any atom is 0.163 e. The molecule has 0 amide bonds. The Morgan fingerprint density at radius 1 is 0.667 bits per heavy atom. The summed E-state index contributed by atoms with van der Waals surface area (Å²) in [5.41, 5.74) is 16.2. The second-order valence-electron chi connectivity index (χ2n) is 14.5. The standard InChI is InChI=1S/C49H37N5/c1-30-20-27-37(31(2)50-30)40-18-10-11-19-41(40)49-53-47(35-14-4-3-5-15-35)52-48(54-49)36-23-21-34(22-24-36)44-42-28-25-32-12-6-8-16-38(32)45(42)51-46-39-17-9-7-13-33(39)26-29-43(44)46/h4,6-9,12-25,27-29,33,40-41H,3,5,26H2,1-2H3/t33-,40?,41?/m1/s1. The largest absolute Gasteiger partial charge is 0.258 e. The number of benzene rings is 3. The van der Waals surface area contributed by atoms with Crippen molar-refractivity contribution in [3.05, 3.63) is 178 Å². The highest BCUT2D eigenvalue weighted by Gasteiger charge is 2.28. The van der Waals surface area contributed by atoms with E-state index in [0.29, 0.717) is 23.4 Å². The molecule has 0 radical (unpaired) electrons. The van der Waals surface area contributed by atoms with Gasteiger partial charge < -0.3 is 0 Å². The summed E-state index contributed by atoms with van der Waals surface area (Å²) in [5.74, 6) is 2.23. The number of nitrogens with zero attached hydrogens (tertiary/aromatic N) is 5. The Morgan fingerprint density at radius 3 is 2.35 bits per heavy atom. The Balaban J connectivity index is 1.13. The molecular formula is C49H37N5. The molecule has 0 N–H and O–H groups in total. The van der Waals surface area contributed by atoms with Gasteiger partial charge in [0.1, 0.15) is 5.82 Å². The number of hydrogen-bond acceptors (Lipinski definition) is 5. The van der Waals surface area contributed by atoms with Crippen molar-refractivity contribution in [3.63, 3.8) is 0 Å². The Hall–Kier alpha value is -6.51. The average Bonchev–Trinajstić information content (AvgIpc) is 3.23. The van der Waals surface area contributed by atoms with Crippen LogP contribution in [0.5, 0.6) is 0 Å². The number of fused-ring (bicyclic) bond motifs is 5. The fourth-order valence-electron chi connectivity index (χ4n) is 8.45. The predicted octanol–water partition coefficient (Wildman–Crippen LogP) is 9.48. The topological polar surface area (TPSA) is 64.5 Å². The molecule has 3 heterocycles. The lowest BCUT2D eigenvalue weighted by atomic mass is 9.83. The van der Waals surface area contributed by atoms with E-state index in [9.17, 15) is 0 Å². The van der Waals surface area contributed by atoms with Crippen LogP contribution in [0.1, 0.15) is 59.7 Å². The minimum atomic E-state index is -0.146. The zero-order valence-electron chi connectivity index (χ0n) is 30.3. The quantitative estimate of drug-likeness (QED) is 0.133. The van der Waals surface area contributed by atoms with E-state index in [-0.39, 0.29) is 11.8 Å². The summed E-state index contributed by atoms with van der Waals surface area (Å²) in [6.45, 7) is 4.10. The van der Waals surface area contributed by atoms with Crippen molar-refractivity contribution < 1.29 is 0 Å². The summed E-state index contributed by atoms with van der Waals surface area (Å²) in [6, 6.07) is 26.0. The lowest BCUT2D eigenvalue weighted by Crippen LogP contribution is -2.37. The summed E-state index contributed by atoms with van der Waals surface area (Å²) < 4.78 is 0. The third kappa shape index (κ3) is 5.54. The van der Waals surface area contributed by atoms with Crippen molar-refractivity contribution in [2.45, 2.75) is 44.9 Å². The molecule has 4 aliphatic rings. The molecule has 0 bridgehead atoms. The molecule has 0 fully saturated rings. The second-order valence-corrected chi connectivity index (χ2v) is 14.5. The lowest BCUT2D eigenvalue weighted by Gasteiger charge is -2.23. The zero-order chi connectivity index (χ0) is 36.2. The third-order valence-corrected chi connectivity index (χ3v) is 11.2. The van der Waals surface area contributed by atoms with E-state index in [2.05, 4.69) is 146 Å². The van der Waals surface area contributed by atoms with E-state index in [0.717, 1.165) is 69.2 Å². The SMILES string of the molecule is Cc1ccc(C2C=C=C=CC2c2nc(C3=CCCC=C3)nc(-c3ccc(-c4c5c(nc6c4ccc4ccccc46)=C4C=CC=C[C@@H]4CC=5)cc3)n2)c(C)n1. The van der Waals surface area contributed by atoms with Crippen LogP contribution in [0.15, 0.2) is 139 Å². The summed E-state index contributed by atoms with van der Waals surface area (Å²) in [7, 11) is 0. The molecule has 0 aliphatic heterocycles. The molecule has 0 spiro atoms. The van der Waals surface area contributed by atoms with Gasteiger partial charge in [0, 0.05) is 55.9 Å². The summed E-state index contributed by atoms with van der Waals surface area (Å²) in [6.07, 6.45) is 24.8. The predicted molar refractivity (Wildman–Crippen MR) is 219 cm³/mol. The van der Waals surface area contributed by atoms with Gasteiger partial charge in [0.2, 0.25) is 0 Å². The van der Waals surface area contributed by atoms with E-state index in [1.54, 1.807) is 0 Å². The van der Waals surface area contributed by atoms with Crippen molar-refractivity contribution in [1.29, 1.82) is 0 Å². The number of hydrogen-bond donors (Lipinski definition) is 0. The Bertz CT molecular complexity index is 2910. The molecule has 6 aromatic rings. The van der Waals surface area contributed by atoms with Gasteiger partial charge in [-0.05, 0) is 73.4 Å². The maximum absolute atomic E-state index is 5.42. The summed E-state index contributed by atoms with van der Waals surface area (Å²) >= 11 is 0. The van der Waals surface area contributed by atoms with Crippen LogP contribution in [0.25, 0.3) is 61.4 Å². The first-order valence-electron chi connectivity index (χ1n) is 18.9. The van der Waals surface area contributed by atoms with E-state index >= 15 is 0 Å². The highest BCUT2D eigenvalue weighted by molar-refractivity contribution is 6.10. The number of aryl methyl sites for hydroxylation is 2. The van der Waals surface area contributed by atoms with Crippen molar-refractivity contribution >= 4 is 38.9 Å². The van der Waals surface area contributed by atoms with Gasteiger partial charge in [0.05, 0.1) is 16.8 Å². The molecule has 3 aromatic heterocycles. The zero-order valence-corrected chi connectivity index (χ0v) is 30.3. The molecule has 54 heavy (non-hydrogen) atoms. The minimum Gasteiger partial charge on any atom is -0.258 e. The smallest absolute Gasteiger partial charge is 0.163 e. The summed E-state index contributed by atoms with van der Waals surface area (Å²) in [4.78, 5) is 25.6. The monoisotopic (exact) mass is 695 g/mol. The van der Waals surface area contributed by atoms with Gasteiger partial charge in [-0.15, -0.1) is 0 Å². The highest BCUT2D eigenvalue weighted by atomic mass is 15.0. The Kier molecular flexibility index (Phi) is 7.84. The molecule has 5 heteroatoms. The molecule has 10 rings (SSSR count). The average molecular weight is 696 g/mol. The van der Waals surface area contributed by atoms with Crippen molar-refractivity contribution in [2.75, 3.05) is 0 Å². The summed E-state index contributed by atoms with van der Waals surface area (Å²) in [5, 5.41) is 5.80. The Morgan fingerprint density at radius 2 is 1.50 bits per heavy atom. The normalized spacial score (nSPS) is 19.6. The fraction of sp³-hybridized carbons (Fsp3) is 0.163. The van der Waals surface area contributed by atoms with Gasteiger partial charge in [0.15, 0.2) is 11.6 Å². The van der Waals surface area contributed by atoms with E-state index in [1.165, 1.54) is 27.1 Å². The molecule has 5 nitrogen and oxygen atoms in total. The minimum absolute atomic E-state index is 0.0221. The van der Waals surface area contributed by atoms with Crippen molar-refractivity contribution in [1.82, 2.24) is 24.9 Å². The van der Waals surface area contributed by atoms with Gasteiger partial charge >= 0.3 is 0 Å². The molecule has 3 aromatic carbocycles. The van der Waals surface area contributed by atoms with Gasteiger partial charge in [0.25, 0.3) is 0 Å². The Labute approximate surface area is 314 Å². The molecule has 0 saturated carbocycles. The second kappa shape index (κ2) is 13.2. The van der Waals surface area contributed by atoms with Crippen LogP contribution < -0.4 is 10.6 Å². The molecule has 4 aliphatic carbocycles. The first-order valence-corrected chi connectivity index (χ1v) is 18.9. The van der Waals surface area contributed by atoms with Crippen LogP contribution in [-0.2, 0) is 0 Å². The number of rotatable bonds is 5. The van der Waals surface area contributed by atoms with Crippen LogP contribution in [0, 0.1) is 19.8 Å². The molecule has 0 saturated heterocycles. The van der Waals surface area contributed by atoms with Gasteiger partial charge in [-0.3, -0.25) is 4.98 Å². The maximum atomic E-state index is 5.42. The van der Waals surface area contributed by atoms with E-state index < -0.39 is 0 Å².